The summed E-state index contributed by atoms with van der Waals surface area (Å²) in [4.78, 5) is 15.2. The number of aromatic nitrogens is 1. The van der Waals surface area contributed by atoms with E-state index in [9.17, 15) is 13.2 Å². The average molecular weight is 367 g/mol. The Morgan fingerprint density at radius 3 is 2.33 bits per heavy atom. The van der Waals surface area contributed by atoms with E-state index in [-0.39, 0.29) is 15.6 Å². The lowest BCUT2D eigenvalue weighted by molar-refractivity contribution is 0.0696. The second-order valence-electron chi connectivity index (χ2n) is 5.50. The normalized spacial score (nSPS) is 15.5. The van der Waals surface area contributed by atoms with Crippen molar-refractivity contribution in [3.8, 4) is 11.1 Å². The summed E-state index contributed by atoms with van der Waals surface area (Å²) in [6.45, 7) is 1.10. The third-order valence-corrected chi connectivity index (χ3v) is 6.17. The number of halogens is 1. The van der Waals surface area contributed by atoms with Crippen molar-refractivity contribution in [3.63, 3.8) is 0 Å². The van der Waals surface area contributed by atoms with E-state index in [1.165, 1.54) is 28.7 Å². The summed E-state index contributed by atoms with van der Waals surface area (Å²) >= 11 is 5.76. The van der Waals surface area contributed by atoms with Crippen LogP contribution in [0.1, 0.15) is 23.2 Å². The van der Waals surface area contributed by atoms with Crippen molar-refractivity contribution in [2.45, 2.75) is 17.7 Å². The topological polar surface area (TPSA) is 87.6 Å². The van der Waals surface area contributed by atoms with Gasteiger partial charge in [-0.05, 0) is 36.6 Å². The van der Waals surface area contributed by atoms with Crippen LogP contribution in [0.25, 0.3) is 11.1 Å². The molecule has 1 aliphatic rings. The Hall–Kier alpha value is -1.96. The Labute approximate surface area is 144 Å². The fraction of sp³-hybridized carbons (Fsp3) is 0.250. The van der Waals surface area contributed by atoms with Gasteiger partial charge < -0.3 is 5.11 Å². The number of carboxylic acids is 1. The molecule has 0 radical (unpaired) electrons. The number of sulfonamides is 1. The molecule has 24 heavy (non-hydrogen) atoms. The van der Waals surface area contributed by atoms with Gasteiger partial charge in [0.2, 0.25) is 10.0 Å². The van der Waals surface area contributed by atoms with Gasteiger partial charge in [-0.15, -0.1) is 0 Å². The highest BCUT2D eigenvalue weighted by molar-refractivity contribution is 7.89. The van der Waals surface area contributed by atoms with Gasteiger partial charge in [0, 0.05) is 24.8 Å². The summed E-state index contributed by atoms with van der Waals surface area (Å²) in [5, 5.41) is 9.02. The minimum Gasteiger partial charge on any atom is -0.478 e. The van der Waals surface area contributed by atoms with Gasteiger partial charge in [-0.25, -0.2) is 18.2 Å². The second-order valence-corrected chi connectivity index (χ2v) is 7.80. The number of carboxylic acid groups (broad SMARTS) is 1. The van der Waals surface area contributed by atoms with E-state index in [4.69, 9.17) is 16.7 Å². The molecule has 0 unspecified atom stereocenters. The third kappa shape index (κ3) is 3.15. The molecular formula is C16H15ClN2O4S. The fourth-order valence-electron chi connectivity index (χ4n) is 2.65. The number of carbonyl (C=O) groups is 1. The zero-order valence-electron chi connectivity index (χ0n) is 12.6. The minimum atomic E-state index is -3.46. The van der Waals surface area contributed by atoms with Crippen LogP contribution in [-0.4, -0.2) is 41.9 Å². The SMILES string of the molecule is O=C(O)c1cc(-c2ccc(S(=O)(=O)N3CCCC3)cc2)cnc1Cl. The average Bonchev–Trinajstić information content (AvgIpc) is 3.10. The molecule has 0 spiro atoms. The van der Waals surface area contributed by atoms with Gasteiger partial charge in [0.1, 0.15) is 5.15 Å². The smallest absolute Gasteiger partial charge is 0.338 e. The number of benzene rings is 1. The van der Waals surface area contributed by atoms with E-state index in [1.807, 2.05) is 0 Å². The van der Waals surface area contributed by atoms with E-state index < -0.39 is 16.0 Å². The van der Waals surface area contributed by atoms with Crippen LogP contribution in [0.4, 0.5) is 0 Å². The van der Waals surface area contributed by atoms with Crippen molar-refractivity contribution < 1.29 is 18.3 Å². The quantitative estimate of drug-likeness (QED) is 0.840. The Morgan fingerprint density at radius 2 is 1.75 bits per heavy atom. The predicted octanol–water partition coefficient (Wildman–Crippen LogP) is 2.88. The van der Waals surface area contributed by atoms with E-state index in [0.29, 0.717) is 24.2 Å². The molecule has 2 heterocycles. The third-order valence-electron chi connectivity index (χ3n) is 3.96. The van der Waals surface area contributed by atoms with Gasteiger partial charge >= 0.3 is 5.97 Å². The standard InChI is InChI=1S/C16H15ClN2O4S/c17-15-14(16(20)21)9-12(10-18-15)11-3-5-13(6-4-11)24(22,23)19-7-1-2-8-19/h3-6,9-10H,1-2,7-8H2,(H,20,21). The molecule has 1 aromatic carbocycles. The molecule has 0 amide bonds. The van der Waals surface area contributed by atoms with Crippen molar-refractivity contribution in [2.75, 3.05) is 13.1 Å². The molecule has 1 saturated heterocycles. The van der Waals surface area contributed by atoms with E-state index >= 15 is 0 Å². The van der Waals surface area contributed by atoms with Gasteiger partial charge in [-0.3, -0.25) is 0 Å². The first-order chi connectivity index (χ1) is 11.4. The van der Waals surface area contributed by atoms with Crippen LogP contribution in [0.5, 0.6) is 0 Å². The van der Waals surface area contributed by atoms with Crippen LogP contribution < -0.4 is 0 Å². The molecule has 1 fully saturated rings. The van der Waals surface area contributed by atoms with Crippen LogP contribution in [0.2, 0.25) is 5.15 Å². The lowest BCUT2D eigenvalue weighted by Crippen LogP contribution is -2.27. The molecule has 0 atom stereocenters. The second kappa shape index (κ2) is 6.51. The molecule has 1 aliphatic heterocycles. The minimum absolute atomic E-state index is 0.0838. The van der Waals surface area contributed by atoms with Gasteiger partial charge in [-0.1, -0.05) is 23.7 Å². The van der Waals surface area contributed by atoms with E-state index in [2.05, 4.69) is 4.98 Å². The molecule has 6 nitrogen and oxygen atoms in total. The van der Waals surface area contributed by atoms with Crippen molar-refractivity contribution in [1.82, 2.24) is 9.29 Å². The summed E-state index contributed by atoms with van der Waals surface area (Å²) in [7, 11) is -3.46. The number of aromatic carboxylic acids is 1. The van der Waals surface area contributed by atoms with Crippen LogP contribution in [0, 0.1) is 0 Å². The Kier molecular flexibility index (Phi) is 4.58. The van der Waals surface area contributed by atoms with Crippen molar-refractivity contribution >= 4 is 27.6 Å². The molecule has 8 heteroatoms. The van der Waals surface area contributed by atoms with Crippen molar-refractivity contribution in [1.29, 1.82) is 0 Å². The highest BCUT2D eigenvalue weighted by Gasteiger charge is 2.27. The molecule has 126 valence electrons. The summed E-state index contributed by atoms with van der Waals surface area (Å²) in [5.41, 5.74) is 1.13. The molecule has 0 saturated carbocycles. The number of nitrogens with zero attached hydrogens (tertiary/aromatic N) is 2. The van der Waals surface area contributed by atoms with Gasteiger partial charge in [-0.2, -0.15) is 4.31 Å². The molecule has 1 aromatic heterocycles. The summed E-state index contributed by atoms with van der Waals surface area (Å²) in [6, 6.07) is 7.75. The first-order valence-corrected chi connectivity index (χ1v) is 9.21. The fourth-order valence-corrected chi connectivity index (χ4v) is 4.35. The Morgan fingerprint density at radius 1 is 1.12 bits per heavy atom. The van der Waals surface area contributed by atoms with Crippen LogP contribution in [0.15, 0.2) is 41.4 Å². The number of rotatable bonds is 4. The summed E-state index contributed by atoms with van der Waals surface area (Å²) < 4.78 is 26.5. The predicted molar refractivity (Wildman–Crippen MR) is 89.6 cm³/mol. The van der Waals surface area contributed by atoms with Crippen molar-refractivity contribution in [2.24, 2.45) is 0 Å². The van der Waals surface area contributed by atoms with Gasteiger partial charge in [0.05, 0.1) is 10.5 Å². The summed E-state index contributed by atoms with van der Waals surface area (Å²) in [5.74, 6) is -1.16. The monoisotopic (exact) mass is 366 g/mol. The molecule has 3 rings (SSSR count). The lowest BCUT2D eigenvalue weighted by Gasteiger charge is -2.15. The summed E-state index contributed by atoms with van der Waals surface area (Å²) in [6.07, 6.45) is 3.22. The molecule has 1 N–H and O–H groups in total. The lowest BCUT2D eigenvalue weighted by atomic mass is 10.1. The van der Waals surface area contributed by atoms with Crippen LogP contribution in [-0.2, 0) is 10.0 Å². The van der Waals surface area contributed by atoms with Gasteiger partial charge in [0.15, 0.2) is 0 Å². The maximum absolute atomic E-state index is 12.5. The maximum Gasteiger partial charge on any atom is 0.338 e. The van der Waals surface area contributed by atoms with Gasteiger partial charge in [0.25, 0.3) is 0 Å². The largest absolute Gasteiger partial charge is 0.478 e. The zero-order chi connectivity index (χ0) is 17.3. The molecular weight excluding hydrogens is 352 g/mol. The molecule has 0 bridgehead atoms. The van der Waals surface area contributed by atoms with E-state index in [1.54, 1.807) is 12.1 Å². The van der Waals surface area contributed by atoms with E-state index in [0.717, 1.165) is 12.8 Å². The maximum atomic E-state index is 12.5. The van der Waals surface area contributed by atoms with Crippen molar-refractivity contribution in [3.05, 3.63) is 47.2 Å². The Bertz CT molecular complexity index is 875. The zero-order valence-corrected chi connectivity index (χ0v) is 14.2. The molecule has 2 aromatic rings. The number of hydrogen-bond acceptors (Lipinski definition) is 4. The first kappa shape index (κ1) is 16.9. The Balaban J connectivity index is 1.93. The highest BCUT2D eigenvalue weighted by atomic mass is 35.5. The molecule has 0 aliphatic carbocycles. The first-order valence-electron chi connectivity index (χ1n) is 7.39. The number of hydrogen-bond donors (Lipinski definition) is 1. The van der Waals surface area contributed by atoms with Crippen LogP contribution in [0.3, 0.4) is 0 Å². The number of pyridine rings is 1. The van der Waals surface area contributed by atoms with Crippen LogP contribution >= 0.6 is 11.6 Å². The highest BCUT2D eigenvalue weighted by Crippen LogP contribution is 2.26.